The number of benzene rings is 1. The van der Waals surface area contributed by atoms with Gasteiger partial charge in [-0.25, -0.2) is 4.39 Å². The Morgan fingerprint density at radius 2 is 2.16 bits per heavy atom. The van der Waals surface area contributed by atoms with Crippen molar-refractivity contribution in [1.29, 1.82) is 0 Å². The molecule has 0 aromatic heterocycles. The van der Waals surface area contributed by atoms with Gasteiger partial charge in [0.1, 0.15) is 11.6 Å². The molecule has 0 radical (unpaired) electrons. The summed E-state index contributed by atoms with van der Waals surface area (Å²) in [4.78, 5) is 0. The molecule has 0 fully saturated rings. The molecule has 0 aliphatic carbocycles. The van der Waals surface area contributed by atoms with E-state index >= 15 is 0 Å². The molecule has 0 unspecified atom stereocenters. The second kappa shape index (κ2) is 8.70. The molecule has 3 heteroatoms. The molecule has 0 spiro atoms. The van der Waals surface area contributed by atoms with E-state index in [2.05, 4.69) is 25.7 Å². The van der Waals surface area contributed by atoms with E-state index in [0.717, 1.165) is 24.9 Å². The van der Waals surface area contributed by atoms with Crippen LogP contribution in [-0.2, 0) is 6.54 Å². The van der Waals surface area contributed by atoms with Crippen LogP contribution in [0.5, 0.6) is 5.75 Å². The number of allylic oxidation sites excluding steroid dienone is 1. The van der Waals surface area contributed by atoms with Gasteiger partial charge >= 0.3 is 0 Å². The summed E-state index contributed by atoms with van der Waals surface area (Å²) < 4.78 is 19.0. The second-order valence-corrected chi connectivity index (χ2v) is 5.10. The molecule has 0 aliphatic heterocycles. The first kappa shape index (κ1) is 15.7. The molecular weight excluding hydrogens is 241 g/mol. The molecule has 1 N–H and O–H groups in total. The van der Waals surface area contributed by atoms with Gasteiger partial charge in [-0.05, 0) is 43.0 Å². The van der Waals surface area contributed by atoms with Gasteiger partial charge in [-0.2, -0.15) is 0 Å². The highest BCUT2D eigenvalue weighted by atomic mass is 19.1. The lowest BCUT2D eigenvalue weighted by atomic mass is 10.2. The van der Waals surface area contributed by atoms with Crippen LogP contribution >= 0.6 is 0 Å². The molecule has 0 amide bonds. The summed E-state index contributed by atoms with van der Waals surface area (Å²) in [6, 6.07) is 4.87. The average Bonchev–Trinajstić information content (AvgIpc) is 2.34. The summed E-state index contributed by atoms with van der Waals surface area (Å²) in [5, 5.41) is 3.30. The summed E-state index contributed by atoms with van der Waals surface area (Å²) in [5.74, 6) is 0.941. The largest absolute Gasteiger partial charge is 0.493 e. The van der Waals surface area contributed by atoms with Crippen LogP contribution in [0.15, 0.2) is 30.9 Å². The van der Waals surface area contributed by atoms with Crippen LogP contribution in [0.4, 0.5) is 4.39 Å². The van der Waals surface area contributed by atoms with Gasteiger partial charge in [-0.1, -0.05) is 19.9 Å². The Morgan fingerprint density at radius 3 is 2.84 bits per heavy atom. The van der Waals surface area contributed by atoms with E-state index in [1.165, 1.54) is 6.07 Å². The van der Waals surface area contributed by atoms with Gasteiger partial charge < -0.3 is 10.1 Å². The van der Waals surface area contributed by atoms with Crippen molar-refractivity contribution < 1.29 is 9.13 Å². The lowest BCUT2D eigenvalue weighted by Crippen LogP contribution is -2.19. The Hall–Kier alpha value is -1.35. The third kappa shape index (κ3) is 6.97. The zero-order valence-electron chi connectivity index (χ0n) is 11.9. The Bertz CT molecular complexity index is 390. The molecule has 0 atom stereocenters. The van der Waals surface area contributed by atoms with Crippen molar-refractivity contribution >= 4 is 0 Å². The highest BCUT2D eigenvalue weighted by Crippen LogP contribution is 2.17. The normalized spacial score (nSPS) is 10.7. The molecule has 0 saturated carbocycles. The molecule has 0 aliphatic rings. The molecule has 1 aromatic carbocycles. The fraction of sp³-hybridized carbons (Fsp3) is 0.500. The minimum absolute atomic E-state index is 0.248. The molecule has 0 bridgehead atoms. The van der Waals surface area contributed by atoms with Gasteiger partial charge in [0, 0.05) is 12.6 Å². The first-order valence-electron chi connectivity index (χ1n) is 6.85. The van der Waals surface area contributed by atoms with Crippen LogP contribution < -0.4 is 10.1 Å². The highest BCUT2D eigenvalue weighted by molar-refractivity contribution is 5.29. The van der Waals surface area contributed by atoms with E-state index in [0.29, 0.717) is 24.8 Å². The Balaban J connectivity index is 2.48. The smallest absolute Gasteiger partial charge is 0.127 e. The van der Waals surface area contributed by atoms with Crippen molar-refractivity contribution in [3.05, 3.63) is 42.2 Å². The van der Waals surface area contributed by atoms with Crippen LogP contribution in [0.2, 0.25) is 0 Å². The van der Waals surface area contributed by atoms with E-state index in [4.69, 9.17) is 4.74 Å². The van der Waals surface area contributed by atoms with E-state index in [1.807, 2.05) is 12.1 Å². The molecule has 19 heavy (non-hydrogen) atoms. The summed E-state index contributed by atoms with van der Waals surface area (Å²) in [5.41, 5.74) is 0.916. The lowest BCUT2D eigenvalue weighted by Gasteiger charge is -2.10. The highest BCUT2D eigenvalue weighted by Gasteiger charge is 2.02. The van der Waals surface area contributed by atoms with Crippen molar-refractivity contribution in [2.75, 3.05) is 13.2 Å². The fourth-order valence-electron chi connectivity index (χ4n) is 1.73. The SMILES string of the molecule is C=CCCCOc1cc(F)cc(CNCC(C)C)c1. The molecule has 2 nitrogen and oxygen atoms in total. The van der Waals surface area contributed by atoms with Crippen LogP contribution in [0.25, 0.3) is 0 Å². The zero-order valence-corrected chi connectivity index (χ0v) is 11.9. The Kier molecular flexibility index (Phi) is 7.19. The maximum Gasteiger partial charge on any atom is 0.127 e. The predicted molar refractivity (Wildman–Crippen MR) is 77.9 cm³/mol. The van der Waals surface area contributed by atoms with Crippen LogP contribution in [-0.4, -0.2) is 13.2 Å². The third-order valence-corrected chi connectivity index (χ3v) is 2.63. The maximum atomic E-state index is 13.5. The summed E-state index contributed by atoms with van der Waals surface area (Å²) in [6.45, 7) is 10.1. The third-order valence-electron chi connectivity index (χ3n) is 2.63. The van der Waals surface area contributed by atoms with E-state index in [-0.39, 0.29) is 5.82 Å². The first-order chi connectivity index (χ1) is 9.11. The number of unbranched alkanes of at least 4 members (excludes halogenated alkanes) is 1. The number of rotatable bonds is 9. The topological polar surface area (TPSA) is 21.3 Å². The molecular formula is C16H24FNO. The Labute approximate surface area is 115 Å². The van der Waals surface area contributed by atoms with Gasteiger partial charge in [0.2, 0.25) is 0 Å². The minimum Gasteiger partial charge on any atom is -0.493 e. The lowest BCUT2D eigenvalue weighted by molar-refractivity contribution is 0.310. The molecule has 0 saturated heterocycles. The van der Waals surface area contributed by atoms with Gasteiger partial charge in [-0.15, -0.1) is 6.58 Å². The average molecular weight is 265 g/mol. The van der Waals surface area contributed by atoms with Gasteiger partial charge in [-0.3, -0.25) is 0 Å². The van der Waals surface area contributed by atoms with Gasteiger partial charge in [0.05, 0.1) is 6.61 Å². The van der Waals surface area contributed by atoms with Gasteiger partial charge in [0.25, 0.3) is 0 Å². The van der Waals surface area contributed by atoms with E-state index in [1.54, 1.807) is 6.07 Å². The maximum absolute atomic E-state index is 13.5. The molecule has 1 rings (SSSR count). The van der Waals surface area contributed by atoms with Crippen molar-refractivity contribution in [2.24, 2.45) is 5.92 Å². The predicted octanol–water partition coefficient (Wildman–Crippen LogP) is 3.92. The monoisotopic (exact) mass is 265 g/mol. The number of nitrogens with one attached hydrogen (secondary N) is 1. The molecule has 0 heterocycles. The van der Waals surface area contributed by atoms with Crippen LogP contribution in [0, 0.1) is 11.7 Å². The number of hydrogen-bond donors (Lipinski definition) is 1. The number of halogens is 1. The number of ether oxygens (including phenoxy) is 1. The quantitative estimate of drug-likeness (QED) is 0.540. The van der Waals surface area contributed by atoms with Crippen molar-refractivity contribution in [2.45, 2.75) is 33.2 Å². The van der Waals surface area contributed by atoms with Crippen LogP contribution in [0.1, 0.15) is 32.3 Å². The minimum atomic E-state index is -0.248. The summed E-state index contributed by atoms with van der Waals surface area (Å²) in [7, 11) is 0. The van der Waals surface area contributed by atoms with Crippen molar-refractivity contribution in [1.82, 2.24) is 5.32 Å². The second-order valence-electron chi connectivity index (χ2n) is 5.10. The molecule has 106 valence electrons. The van der Waals surface area contributed by atoms with Crippen LogP contribution in [0.3, 0.4) is 0 Å². The Morgan fingerprint density at radius 1 is 1.37 bits per heavy atom. The first-order valence-corrected chi connectivity index (χ1v) is 6.85. The summed E-state index contributed by atoms with van der Waals surface area (Å²) >= 11 is 0. The van der Waals surface area contributed by atoms with Gasteiger partial charge in [0.15, 0.2) is 0 Å². The van der Waals surface area contributed by atoms with E-state index < -0.39 is 0 Å². The van der Waals surface area contributed by atoms with E-state index in [9.17, 15) is 4.39 Å². The molecule has 1 aromatic rings. The number of hydrogen-bond acceptors (Lipinski definition) is 2. The fourth-order valence-corrected chi connectivity index (χ4v) is 1.73. The van der Waals surface area contributed by atoms with Crippen molar-refractivity contribution in [3.8, 4) is 5.75 Å². The van der Waals surface area contributed by atoms with Crippen molar-refractivity contribution in [3.63, 3.8) is 0 Å². The zero-order chi connectivity index (χ0) is 14.1. The summed E-state index contributed by atoms with van der Waals surface area (Å²) in [6.07, 6.45) is 3.68. The standard InChI is InChI=1S/C16H24FNO/c1-4-5-6-7-19-16-9-14(8-15(17)10-16)12-18-11-13(2)3/h4,8-10,13,18H,1,5-7,11-12H2,2-3H3.